The standard InChI is InChI=1S/C25H28ClN3O4S/c1-4-10-34(32,33)29-16-7-5-6-14(11-16)21-19(26)13-18(24(27)30)23-22(21)17-9-8-15(25(2,3)31)12-20(17)28-23/h4-7,10-11,13,15,28-29,31H,8-9,12H2,1-3H3,(H2,27,30)/t15-/m1/s1. The van der Waals surface area contributed by atoms with Gasteiger partial charge in [-0.25, -0.2) is 8.42 Å². The Hall–Kier alpha value is -2.81. The van der Waals surface area contributed by atoms with Gasteiger partial charge in [-0.15, -0.1) is 0 Å². The van der Waals surface area contributed by atoms with E-state index in [0.29, 0.717) is 45.8 Å². The molecule has 0 saturated heterocycles. The summed E-state index contributed by atoms with van der Waals surface area (Å²) in [4.78, 5) is 15.6. The van der Waals surface area contributed by atoms with Gasteiger partial charge in [0.15, 0.2) is 0 Å². The predicted octanol–water partition coefficient (Wildman–Crippen LogP) is 4.74. The number of aliphatic hydroxyl groups is 1. The lowest BCUT2D eigenvalue weighted by Crippen LogP contribution is -2.34. The van der Waals surface area contributed by atoms with Crippen molar-refractivity contribution in [1.82, 2.24) is 4.98 Å². The lowest BCUT2D eigenvalue weighted by atomic mass is 9.77. The second-order valence-corrected chi connectivity index (χ2v) is 11.2. The molecule has 7 nitrogen and oxygen atoms in total. The van der Waals surface area contributed by atoms with Gasteiger partial charge in [-0.2, -0.15) is 0 Å². The van der Waals surface area contributed by atoms with Gasteiger partial charge in [0.25, 0.3) is 15.9 Å². The number of anilines is 1. The Morgan fingerprint density at radius 2 is 2.06 bits per heavy atom. The maximum atomic E-state index is 12.2. The highest BCUT2D eigenvalue weighted by molar-refractivity contribution is 7.95. The highest BCUT2D eigenvalue weighted by Gasteiger charge is 2.33. The molecule has 1 aliphatic carbocycles. The van der Waals surface area contributed by atoms with Crippen molar-refractivity contribution in [2.24, 2.45) is 11.7 Å². The van der Waals surface area contributed by atoms with Crippen molar-refractivity contribution in [2.75, 3.05) is 4.72 Å². The number of nitrogens with two attached hydrogens (primary N) is 1. The first-order chi connectivity index (χ1) is 15.9. The maximum Gasteiger partial charge on any atom is 0.254 e. The average molecular weight is 502 g/mol. The van der Waals surface area contributed by atoms with Gasteiger partial charge >= 0.3 is 0 Å². The molecule has 1 atom stereocenters. The summed E-state index contributed by atoms with van der Waals surface area (Å²) in [5, 5.41) is 12.8. The summed E-state index contributed by atoms with van der Waals surface area (Å²) in [5.41, 5.74) is 9.53. The summed E-state index contributed by atoms with van der Waals surface area (Å²) in [6.07, 6.45) is 3.56. The average Bonchev–Trinajstić information content (AvgIpc) is 3.10. The Balaban J connectivity index is 1.92. The van der Waals surface area contributed by atoms with Gasteiger partial charge in [0.05, 0.1) is 16.7 Å². The maximum absolute atomic E-state index is 12.2. The fraction of sp³-hybridized carbons (Fsp3) is 0.320. The minimum Gasteiger partial charge on any atom is -0.390 e. The molecule has 2 aromatic carbocycles. The molecule has 0 aliphatic heterocycles. The number of hydrogen-bond donors (Lipinski definition) is 4. The molecule has 5 N–H and O–H groups in total. The Labute approximate surface area is 204 Å². The van der Waals surface area contributed by atoms with E-state index in [0.717, 1.165) is 28.5 Å². The highest BCUT2D eigenvalue weighted by atomic mass is 35.5. The predicted molar refractivity (Wildman–Crippen MR) is 136 cm³/mol. The van der Waals surface area contributed by atoms with E-state index in [1.165, 1.54) is 6.08 Å². The normalized spacial score (nSPS) is 16.7. The van der Waals surface area contributed by atoms with Crippen LogP contribution in [0.1, 0.15) is 48.8 Å². The molecule has 0 spiro atoms. The van der Waals surface area contributed by atoms with Gasteiger partial charge < -0.3 is 15.8 Å². The van der Waals surface area contributed by atoms with E-state index in [2.05, 4.69) is 9.71 Å². The summed E-state index contributed by atoms with van der Waals surface area (Å²) in [6, 6.07) is 8.52. The molecule has 1 aromatic heterocycles. The van der Waals surface area contributed by atoms with E-state index in [4.69, 9.17) is 17.3 Å². The number of rotatable bonds is 6. The molecule has 4 rings (SSSR count). The van der Waals surface area contributed by atoms with Gasteiger partial charge in [-0.05, 0) is 75.3 Å². The number of carbonyl (C=O) groups is 1. The highest BCUT2D eigenvalue weighted by Crippen LogP contribution is 2.44. The number of fused-ring (bicyclic) bond motifs is 3. The van der Waals surface area contributed by atoms with Crippen molar-refractivity contribution in [3.63, 3.8) is 0 Å². The van der Waals surface area contributed by atoms with E-state index in [-0.39, 0.29) is 5.92 Å². The van der Waals surface area contributed by atoms with Crippen LogP contribution in [0.2, 0.25) is 5.02 Å². The quantitative estimate of drug-likeness (QED) is 0.389. The van der Waals surface area contributed by atoms with E-state index < -0.39 is 21.5 Å². The Bertz CT molecular complexity index is 1420. The zero-order chi connectivity index (χ0) is 24.8. The van der Waals surface area contributed by atoms with Crippen molar-refractivity contribution < 1.29 is 18.3 Å². The van der Waals surface area contributed by atoms with Crippen molar-refractivity contribution in [1.29, 1.82) is 0 Å². The molecule has 1 aliphatic rings. The van der Waals surface area contributed by atoms with Crippen LogP contribution in [0.25, 0.3) is 22.0 Å². The minimum absolute atomic E-state index is 0.0633. The van der Waals surface area contributed by atoms with Crippen LogP contribution < -0.4 is 10.5 Å². The van der Waals surface area contributed by atoms with Crippen molar-refractivity contribution in [2.45, 2.75) is 45.6 Å². The number of nitrogens with one attached hydrogen (secondary N) is 2. The number of primary amides is 1. The molecule has 3 aromatic rings. The van der Waals surface area contributed by atoms with Gasteiger partial charge in [-0.3, -0.25) is 9.52 Å². The van der Waals surface area contributed by atoms with Crippen molar-refractivity contribution >= 4 is 44.1 Å². The van der Waals surface area contributed by atoms with Crippen LogP contribution in [0.3, 0.4) is 0 Å². The number of aryl methyl sites for hydroxylation is 1. The third-order valence-corrected chi connectivity index (χ3v) is 7.85. The van der Waals surface area contributed by atoms with Crippen LogP contribution in [-0.4, -0.2) is 30.0 Å². The summed E-state index contributed by atoms with van der Waals surface area (Å²) in [5.74, 6) is -0.530. The minimum atomic E-state index is -3.63. The summed E-state index contributed by atoms with van der Waals surface area (Å²) in [7, 11) is -3.63. The first-order valence-corrected chi connectivity index (χ1v) is 13.0. The Morgan fingerprint density at radius 3 is 2.71 bits per heavy atom. The van der Waals surface area contributed by atoms with Crippen LogP contribution in [0, 0.1) is 5.92 Å². The molecule has 180 valence electrons. The number of benzene rings is 2. The van der Waals surface area contributed by atoms with E-state index in [1.54, 1.807) is 31.2 Å². The molecule has 0 fully saturated rings. The van der Waals surface area contributed by atoms with E-state index in [9.17, 15) is 18.3 Å². The zero-order valence-electron chi connectivity index (χ0n) is 19.3. The Morgan fingerprint density at radius 1 is 1.32 bits per heavy atom. The van der Waals surface area contributed by atoms with Crippen LogP contribution >= 0.6 is 11.6 Å². The largest absolute Gasteiger partial charge is 0.390 e. The first kappa shape index (κ1) is 24.3. The van der Waals surface area contributed by atoms with Crippen molar-refractivity contribution in [3.8, 4) is 11.1 Å². The number of allylic oxidation sites excluding steroid dienone is 1. The number of sulfonamides is 1. The van der Waals surface area contributed by atoms with Crippen LogP contribution in [0.4, 0.5) is 5.69 Å². The molecule has 0 unspecified atom stereocenters. The second kappa shape index (κ2) is 8.76. The SMILES string of the molecule is CC=CS(=O)(=O)Nc1cccc(-c2c(Cl)cc(C(N)=O)c3[nH]c4c(c23)CC[C@@H](C(C)(C)O)C4)c1. The number of amides is 1. The fourth-order valence-corrected chi connectivity index (χ4v) is 5.97. The monoisotopic (exact) mass is 501 g/mol. The summed E-state index contributed by atoms with van der Waals surface area (Å²) >= 11 is 6.71. The zero-order valence-corrected chi connectivity index (χ0v) is 20.8. The number of aromatic amines is 1. The molecule has 0 radical (unpaired) electrons. The number of aromatic nitrogens is 1. The molecular weight excluding hydrogens is 474 g/mol. The number of H-pyrrole nitrogens is 1. The number of halogens is 1. The molecular formula is C25H28ClN3O4S. The molecule has 9 heteroatoms. The number of carbonyl (C=O) groups excluding carboxylic acids is 1. The van der Waals surface area contributed by atoms with Gasteiger partial charge in [0.1, 0.15) is 0 Å². The second-order valence-electron chi connectivity index (χ2n) is 9.27. The van der Waals surface area contributed by atoms with E-state index >= 15 is 0 Å². The molecule has 1 heterocycles. The van der Waals surface area contributed by atoms with Gasteiger partial charge in [-0.1, -0.05) is 29.8 Å². The van der Waals surface area contributed by atoms with Crippen molar-refractivity contribution in [3.05, 3.63) is 63.7 Å². The fourth-order valence-electron chi connectivity index (χ4n) is 4.77. The number of hydrogen-bond acceptors (Lipinski definition) is 4. The smallest absolute Gasteiger partial charge is 0.254 e. The van der Waals surface area contributed by atoms with Crippen LogP contribution in [0.5, 0.6) is 0 Å². The van der Waals surface area contributed by atoms with Crippen LogP contribution in [-0.2, 0) is 22.9 Å². The summed E-state index contributed by atoms with van der Waals surface area (Å²) in [6.45, 7) is 5.25. The third-order valence-electron chi connectivity index (χ3n) is 6.41. The first-order valence-electron chi connectivity index (χ1n) is 11.1. The molecule has 0 bridgehead atoms. The topological polar surface area (TPSA) is 125 Å². The van der Waals surface area contributed by atoms with Gasteiger partial charge in [0, 0.05) is 32.8 Å². The van der Waals surface area contributed by atoms with E-state index in [1.807, 2.05) is 19.9 Å². The van der Waals surface area contributed by atoms with Crippen LogP contribution in [0.15, 0.2) is 41.8 Å². The lowest BCUT2D eigenvalue weighted by Gasteiger charge is -2.32. The molecule has 34 heavy (non-hydrogen) atoms. The third kappa shape index (κ3) is 4.58. The molecule has 1 amide bonds. The molecule has 0 saturated carbocycles. The van der Waals surface area contributed by atoms with Gasteiger partial charge in [0.2, 0.25) is 0 Å². The summed E-state index contributed by atoms with van der Waals surface area (Å²) < 4.78 is 27.0. The Kier molecular flexibility index (Phi) is 6.27. The lowest BCUT2D eigenvalue weighted by molar-refractivity contribution is 0.0107.